The Bertz CT molecular complexity index is 588. The molecule has 0 saturated carbocycles. The molecule has 0 spiro atoms. The Labute approximate surface area is 127 Å². The van der Waals surface area contributed by atoms with Gasteiger partial charge in [0, 0.05) is 0 Å². The summed E-state index contributed by atoms with van der Waals surface area (Å²) in [5.41, 5.74) is 3.98. The van der Waals surface area contributed by atoms with Crippen molar-refractivity contribution in [2.75, 3.05) is 13.1 Å². The summed E-state index contributed by atoms with van der Waals surface area (Å²) in [7, 11) is 0. The van der Waals surface area contributed by atoms with Crippen molar-refractivity contribution in [2.24, 2.45) is 0 Å². The molecular formula is C19H23NO. The van der Waals surface area contributed by atoms with Gasteiger partial charge >= 0.3 is 0 Å². The summed E-state index contributed by atoms with van der Waals surface area (Å²) in [6.45, 7) is 4.99. The van der Waals surface area contributed by atoms with Gasteiger partial charge in [0.25, 0.3) is 0 Å². The number of nitrogens with one attached hydrogen (secondary N) is 1. The van der Waals surface area contributed by atoms with Crippen LogP contribution in [-0.2, 0) is 6.61 Å². The molecule has 3 rings (SSSR count). The Morgan fingerprint density at radius 1 is 1.00 bits per heavy atom. The van der Waals surface area contributed by atoms with Crippen LogP contribution in [0.5, 0.6) is 5.75 Å². The average Bonchev–Trinajstić information content (AvgIpc) is 2.55. The van der Waals surface area contributed by atoms with E-state index in [9.17, 15) is 0 Å². The van der Waals surface area contributed by atoms with Gasteiger partial charge in [-0.15, -0.1) is 0 Å². The van der Waals surface area contributed by atoms with Gasteiger partial charge in [0.15, 0.2) is 0 Å². The van der Waals surface area contributed by atoms with Crippen molar-refractivity contribution in [3.63, 3.8) is 0 Å². The number of rotatable bonds is 4. The lowest BCUT2D eigenvalue weighted by molar-refractivity contribution is 0.301. The Balaban J connectivity index is 1.74. The molecule has 2 aromatic carbocycles. The molecule has 1 N–H and O–H groups in total. The molecular weight excluding hydrogens is 258 g/mol. The molecule has 0 unspecified atom stereocenters. The maximum absolute atomic E-state index is 6.04. The SMILES string of the molecule is Cc1ccccc1OCc1ccccc1C1CCNCC1. The molecule has 2 aromatic rings. The molecule has 2 heteroatoms. The van der Waals surface area contributed by atoms with Gasteiger partial charge in [0.05, 0.1) is 0 Å². The first kappa shape index (κ1) is 14.2. The van der Waals surface area contributed by atoms with Crippen LogP contribution in [0.3, 0.4) is 0 Å². The molecule has 0 aromatic heterocycles. The molecule has 1 saturated heterocycles. The number of para-hydroxylation sites is 1. The van der Waals surface area contributed by atoms with E-state index in [1.54, 1.807) is 0 Å². The predicted octanol–water partition coefficient (Wildman–Crippen LogP) is 4.04. The molecule has 0 amide bonds. The summed E-state index contributed by atoms with van der Waals surface area (Å²) < 4.78 is 6.04. The molecule has 2 nitrogen and oxygen atoms in total. The fraction of sp³-hybridized carbons (Fsp3) is 0.368. The second-order valence-electron chi connectivity index (χ2n) is 5.78. The topological polar surface area (TPSA) is 21.3 Å². The highest BCUT2D eigenvalue weighted by molar-refractivity contribution is 5.34. The number of hydrogen-bond acceptors (Lipinski definition) is 2. The predicted molar refractivity (Wildman–Crippen MR) is 86.8 cm³/mol. The minimum atomic E-state index is 0.658. The van der Waals surface area contributed by atoms with Crippen LogP contribution in [0.1, 0.15) is 35.4 Å². The van der Waals surface area contributed by atoms with Crippen LogP contribution in [0.2, 0.25) is 0 Å². The van der Waals surface area contributed by atoms with Crippen molar-refractivity contribution in [3.05, 3.63) is 65.2 Å². The first-order chi connectivity index (χ1) is 10.3. The van der Waals surface area contributed by atoms with Crippen LogP contribution in [-0.4, -0.2) is 13.1 Å². The van der Waals surface area contributed by atoms with E-state index in [1.807, 2.05) is 18.2 Å². The van der Waals surface area contributed by atoms with Crippen LogP contribution < -0.4 is 10.1 Å². The van der Waals surface area contributed by atoms with E-state index in [1.165, 1.54) is 29.5 Å². The molecule has 0 atom stereocenters. The van der Waals surface area contributed by atoms with Crippen LogP contribution in [0.4, 0.5) is 0 Å². The van der Waals surface area contributed by atoms with Crippen LogP contribution in [0.15, 0.2) is 48.5 Å². The highest BCUT2D eigenvalue weighted by Gasteiger charge is 2.18. The fourth-order valence-electron chi connectivity index (χ4n) is 3.07. The Hall–Kier alpha value is -1.80. The van der Waals surface area contributed by atoms with Crippen molar-refractivity contribution < 1.29 is 4.74 Å². The summed E-state index contributed by atoms with van der Waals surface area (Å²) in [4.78, 5) is 0. The zero-order chi connectivity index (χ0) is 14.5. The molecule has 0 radical (unpaired) electrons. The van der Waals surface area contributed by atoms with Gasteiger partial charge in [0.2, 0.25) is 0 Å². The Morgan fingerprint density at radius 3 is 2.52 bits per heavy atom. The standard InChI is InChI=1S/C19H23NO/c1-15-6-2-5-9-19(15)21-14-17-7-3-4-8-18(17)16-10-12-20-13-11-16/h2-9,16,20H,10-14H2,1H3. The third-order valence-electron chi connectivity index (χ3n) is 4.31. The van der Waals surface area contributed by atoms with E-state index in [0.29, 0.717) is 12.5 Å². The summed E-state index contributed by atoms with van der Waals surface area (Å²) in [6, 6.07) is 16.9. The highest BCUT2D eigenvalue weighted by Crippen LogP contribution is 2.29. The highest BCUT2D eigenvalue weighted by atomic mass is 16.5. The molecule has 21 heavy (non-hydrogen) atoms. The largest absolute Gasteiger partial charge is 0.489 e. The lowest BCUT2D eigenvalue weighted by Gasteiger charge is -2.25. The second-order valence-corrected chi connectivity index (χ2v) is 5.78. The van der Waals surface area contributed by atoms with Gasteiger partial charge in [-0.2, -0.15) is 0 Å². The molecule has 1 aliphatic heterocycles. The van der Waals surface area contributed by atoms with E-state index >= 15 is 0 Å². The molecule has 1 aliphatic rings. The lowest BCUT2D eigenvalue weighted by Crippen LogP contribution is -2.27. The van der Waals surface area contributed by atoms with Gasteiger partial charge in [-0.3, -0.25) is 0 Å². The zero-order valence-corrected chi connectivity index (χ0v) is 12.6. The first-order valence-corrected chi connectivity index (χ1v) is 7.81. The van der Waals surface area contributed by atoms with Crippen LogP contribution in [0.25, 0.3) is 0 Å². The summed E-state index contributed by atoms with van der Waals surface area (Å²) in [5.74, 6) is 1.65. The van der Waals surface area contributed by atoms with E-state index < -0.39 is 0 Å². The normalized spacial score (nSPS) is 15.9. The van der Waals surface area contributed by atoms with Crippen molar-refractivity contribution in [1.29, 1.82) is 0 Å². The molecule has 1 heterocycles. The van der Waals surface area contributed by atoms with Gasteiger partial charge in [-0.1, -0.05) is 42.5 Å². The summed E-state index contributed by atoms with van der Waals surface area (Å²) in [5, 5.41) is 3.44. The fourth-order valence-corrected chi connectivity index (χ4v) is 3.07. The smallest absolute Gasteiger partial charge is 0.122 e. The quantitative estimate of drug-likeness (QED) is 0.913. The number of hydrogen-bond donors (Lipinski definition) is 1. The maximum Gasteiger partial charge on any atom is 0.122 e. The van der Waals surface area contributed by atoms with Gasteiger partial charge < -0.3 is 10.1 Å². The van der Waals surface area contributed by atoms with Crippen molar-refractivity contribution in [1.82, 2.24) is 5.32 Å². The van der Waals surface area contributed by atoms with E-state index in [4.69, 9.17) is 4.74 Å². The van der Waals surface area contributed by atoms with E-state index in [2.05, 4.69) is 42.6 Å². The van der Waals surface area contributed by atoms with Gasteiger partial charge in [-0.05, 0) is 61.5 Å². The number of ether oxygens (including phenoxy) is 1. The maximum atomic E-state index is 6.04. The number of piperidine rings is 1. The van der Waals surface area contributed by atoms with Gasteiger partial charge in [-0.25, -0.2) is 0 Å². The zero-order valence-electron chi connectivity index (χ0n) is 12.6. The summed E-state index contributed by atoms with van der Waals surface area (Å²) >= 11 is 0. The van der Waals surface area contributed by atoms with Crippen LogP contribution >= 0.6 is 0 Å². The molecule has 110 valence electrons. The Morgan fingerprint density at radius 2 is 1.71 bits per heavy atom. The first-order valence-electron chi connectivity index (χ1n) is 7.81. The number of benzene rings is 2. The van der Waals surface area contributed by atoms with Gasteiger partial charge in [0.1, 0.15) is 12.4 Å². The lowest BCUT2D eigenvalue weighted by atomic mass is 9.87. The minimum absolute atomic E-state index is 0.658. The van der Waals surface area contributed by atoms with E-state index in [-0.39, 0.29) is 0 Å². The molecule has 1 fully saturated rings. The third-order valence-corrected chi connectivity index (χ3v) is 4.31. The monoisotopic (exact) mass is 281 g/mol. The number of aryl methyl sites for hydroxylation is 1. The average molecular weight is 281 g/mol. The van der Waals surface area contributed by atoms with E-state index in [0.717, 1.165) is 18.8 Å². The summed E-state index contributed by atoms with van der Waals surface area (Å²) in [6.07, 6.45) is 2.45. The third kappa shape index (κ3) is 3.45. The molecule has 0 bridgehead atoms. The van der Waals surface area contributed by atoms with Crippen molar-refractivity contribution in [2.45, 2.75) is 32.3 Å². The van der Waals surface area contributed by atoms with Crippen molar-refractivity contribution >= 4 is 0 Å². The minimum Gasteiger partial charge on any atom is -0.489 e. The second kappa shape index (κ2) is 6.77. The van der Waals surface area contributed by atoms with Crippen molar-refractivity contribution in [3.8, 4) is 5.75 Å². The Kier molecular flexibility index (Phi) is 4.56. The molecule has 0 aliphatic carbocycles. The van der Waals surface area contributed by atoms with Crippen LogP contribution in [0, 0.1) is 6.92 Å².